The van der Waals surface area contributed by atoms with Crippen LogP contribution in [0.1, 0.15) is 11.1 Å². The molecule has 0 spiro atoms. The lowest BCUT2D eigenvalue weighted by atomic mass is 9.99. The van der Waals surface area contributed by atoms with Crippen LogP contribution in [0.15, 0.2) is 42.5 Å². The highest BCUT2D eigenvalue weighted by Gasteiger charge is 2.37. The van der Waals surface area contributed by atoms with E-state index in [1.807, 2.05) is 0 Å². The van der Waals surface area contributed by atoms with E-state index in [-0.39, 0.29) is 22.2 Å². The Balaban J connectivity index is 2.36. The third-order valence-corrected chi connectivity index (χ3v) is 4.21. The van der Waals surface area contributed by atoms with E-state index >= 15 is 0 Å². The molecular formula is C19H13F3N2O. The van der Waals surface area contributed by atoms with Crippen LogP contribution in [-0.2, 0) is 6.18 Å². The lowest BCUT2D eigenvalue weighted by molar-refractivity contribution is -0.135. The number of ether oxygens (including phenoxy) is 1. The van der Waals surface area contributed by atoms with E-state index in [9.17, 15) is 13.2 Å². The van der Waals surface area contributed by atoms with E-state index in [0.29, 0.717) is 16.4 Å². The quantitative estimate of drug-likeness (QED) is 0.349. The highest BCUT2D eigenvalue weighted by molar-refractivity contribution is 6.11. The molecule has 6 heteroatoms. The molecular weight excluding hydrogens is 329 g/mol. The summed E-state index contributed by atoms with van der Waals surface area (Å²) in [5.41, 5.74) is 1.05. The molecule has 0 unspecified atom stereocenters. The Morgan fingerprint density at radius 3 is 2.36 bits per heavy atom. The molecule has 0 aliphatic rings. The molecule has 0 saturated heterocycles. The van der Waals surface area contributed by atoms with Crippen LogP contribution in [0.25, 0.3) is 32.7 Å². The van der Waals surface area contributed by atoms with Crippen LogP contribution >= 0.6 is 0 Å². The summed E-state index contributed by atoms with van der Waals surface area (Å²) in [6, 6.07) is 11.8. The van der Waals surface area contributed by atoms with Gasteiger partial charge in [-0.25, -0.2) is 9.97 Å². The molecule has 0 N–H and O–H groups in total. The van der Waals surface area contributed by atoms with Gasteiger partial charge < -0.3 is 4.74 Å². The van der Waals surface area contributed by atoms with Crippen LogP contribution < -0.4 is 4.74 Å². The molecule has 0 aliphatic carbocycles. The van der Waals surface area contributed by atoms with E-state index < -0.39 is 11.7 Å². The fraction of sp³-hybridized carbons (Fsp3) is 0.158. The lowest BCUT2D eigenvalue weighted by Gasteiger charge is -2.17. The summed E-state index contributed by atoms with van der Waals surface area (Å²) >= 11 is 0. The molecule has 4 aromatic rings. The third kappa shape index (κ3) is 2.36. The van der Waals surface area contributed by atoms with Gasteiger partial charge in [-0.1, -0.05) is 29.8 Å². The average molecular weight is 342 g/mol. The largest absolute Gasteiger partial charge is 0.480 e. The molecule has 25 heavy (non-hydrogen) atoms. The van der Waals surface area contributed by atoms with Crippen molar-refractivity contribution < 1.29 is 17.9 Å². The molecule has 4 rings (SSSR count). The second kappa shape index (κ2) is 5.31. The van der Waals surface area contributed by atoms with E-state index in [4.69, 9.17) is 4.74 Å². The molecule has 2 aromatic carbocycles. The smallest absolute Gasteiger partial charge is 0.417 e. The maximum Gasteiger partial charge on any atom is 0.417 e. The predicted octanol–water partition coefficient (Wildman–Crippen LogP) is 5.27. The summed E-state index contributed by atoms with van der Waals surface area (Å²) in [6.07, 6.45) is -4.56. The van der Waals surface area contributed by atoms with Crippen molar-refractivity contribution in [1.29, 1.82) is 0 Å². The minimum absolute atomic E-state index is 0.0513. The van der Waals surface area contributed by atoms with E-state index in [2.05, 4.69) is 9.97 Å². The molecule has 2 heterocycles. The van der Waals surface area contributed by atoms with Crippen molar-refractivity contribution in [2.75, 3.05) is 7.11 Å². The number of rotatable bonds is 1. The number of para-hydroxylation sites is 1. The van der Waals surface area contributed by atoms with Gasteiger partial charge in [0.2, 0.25) is 5.88 Å². The Morgan fingerprint density at radius 1 is 0.920 bits per heavy atom. The number of benzene rings is 2. The molecule has 0 radical (unpaired) electrons. The molecule has 0 saturated carbocycles. The number of pyridine rings is 2. The van der Waals surface area contributed by atoms with Crippen LogP contribution in [0.2, 0.25) is 0 Å². The standard InChI is InChI=1S/C19H13F3N2O/c1-10-7-8-14-12(9-10)16(19(20,21)22)15-17(23-14)11-5-3-4-6-13(11)24-18(15)25-2/h3-9H,1-2H3. The molecule has 0 fully saturated rings. The number of fused-ring (bicyclic) bond motifs is 4. The van der Waals surface area contributed by atoms with Gasteiger partial charge in [-0.05, 0) is 25.1 Å². The van der Waals surface area contributed by atoms with Gasteiger partial charge in [0, 0.05) is 10.8 Å². The minimum Gasteiger partial charge on any atom is -0.480 e. The predicted molar refractivity (Wildman–Crippen MR) is 90.8 cm³/mol. The molecule has 126 valence electrons. The van der Waals surface area contributed by atoms with Crippen LogP contribution in [0, 0.1) is 6.92 Å². The lowest BCUT2D eigenvalue weighted by Crippen LogP contribution is -2.09. The second-order valence-electron chi connectivity index (χ2n) is 5.87. The molecule has 0 bridgehead atoms. The zero-order valence-electron chi connectivity index (χ0n) is 13.5. The number of hydrogen-bond acceptors (Lipinski definition) is 3. The second-order valence-corrected chi connectivity index (χ2v) is 5.87. The van der Waals surface area contributed by atoms with E-state index in [1.165, 1.54) is 13.2 Å². The van der Waals surface area contributed by atoms with Crippen LogP contribution in [-0.4, -0.2) is 17.1 Å². The van der Waals surface area contributed by atoms with Crippen LogP contribution in [0.3, 0.4) is 0 Å². The Hall–Kier alpha value is -2.89. The number of hydrogen-bond donors (Lipinski definition) is 0. The fourth-order valence-electron chi connectivity index (χ4n) is 3.16. The van der Waals surface area contributed by atoms with Crippen LogP contribution in [0.4, 0.5) is 13.2 Å². The third-order valence-electron chi connectivity index (χ3n) is 4.21. The monoisotopic (exact) mass is 342 g/mol. The Kier molecular flexibility index (Phi) is 3.32. The van der Waals surface area contributed by atoms with Gasteiger partial charge in [-0.3, -0.25) is 0 Å². The Bertz CT molecular complexity index is 1140. The maximum absolute atomic E-state index is 14.0. The highest BCUT2D eigenvalue weighted by Crippen LogP contribution is 2.43. The van der Waals surface area contributed by atoms with Crippen molar-refractivity contribution in [3.63, 3.8) is 0 Å². The Labute approximate surface area is 141 Å². The van der Waals surface area contributed by atoms with Gasteiger partial charge in [0.1, 0.15) is 0 Å². The van der Waals surface area contributed by atoms with Gasteiger partial charge in [-0.15, -0.1) is 0 Å². The number of methoxy groups -OCH3 is 1. The Morgan fingerprint density at radius 2 is 1.64 bits per heavy atom. The zero-order chi connectivity index (χ0) is 17.8. The zero-order valence-corrected chi connectivity index (χ0v) is 13.5. The number of alkyl halides is 3. The molecule has 0 amide bonds. The first-order chi connectivity index (χ1) is 11.9. The summed E-state index contributed by atoms with van der Waals surface area (Å²) < 4.78 is 47.2. The van der Waals surface area contributed by atoms with Gasteiger partial charge in [0.25, 0.3) is 0 Å². The minimum atomic E-state index is -4.56. The van der Waals surface area contributed by atoms with Gasteiger partial charge >= 0.3 is 6.18 Å². The SMILES string of the molecule is COc1nc2ccccc2c2nc3ccc(C)cc3c(C(F)(F)F)c12. The van der Waals surface area contributed by atoms with Crippen molar-refractivity contribution in [3.8, 4) is 5.88 Å². The molecule has 3 nitrogen and oxygen atoms in total. The van der Waals surface area contributed by atoms with E-state index in [1.54, 1.807) is 43.3 Å². The highest BCUT2D eigenvalue weighted by atomic mass is 19.4. The number of aromatic nitrogens is 2. The van der Waals surface area contributed by atoms with Crippen molar-refractivity contribution in [3.05, 3.63) is 53.6 Å². The van der Waals surface area contributed by atoms with Crippen LogP contribution in [0.5, 0.6) is 5.88 Å². The van der Waals surface area contributed by atoms with E-state index in [0.717, 1.165) is 5.56 Å². The van der Waals surface area contributed by atoms with Crippen molar-refractivity contribution >= 4 is 32.7 Å². The summed E-state index contributed by atoms with van der Waals surface area (Å²) in [6.45, 7) is 1.75. The topological polar surface area (TPSA) is 35.0 Å². The van der Waals surface area contributed by atoms with Crippen molar-refractivity contribution in [2.24, 2.45) is 0 Å². The first-order valence-corrected chi connectivity index (χ1v) is 7.64. The van der Waals surface area contributed by atoms with Crippen molar-refractivity contribution in [1.82, 2.24) is 9.97 Å². The first-order valence-electron chi connectivity index (χ1n) is 7.64. The number of nitrogens with zero attached hydrogens (tertiary/aromatic N) is 2. The summed E-state index contributed by atoms with van der Waals surface area (Å²) in [5.74, 6) is -0.0723. The fourth-order valence-corrected chi connectivity index (χ4v) is 3.16. The van der Waals surface area contributed by atoms with Gasteiger partial charge in [0.05, 0.1) is 34.6 Å². The summed E-state index contributed by atoms with van der Waals surface area (Å²) in [7, 11) is 1.32. The van der Waals surface area contributed by atoms with Gasteiger partial charge in [0.15, 0.2) is 0 Å². The first kappa shape index (κ1) is 15.6. The maximum atomic E-state index is 14.0. The molecule has 2 aromatic heterocycles. The number of aryl methyl sites for hydroxylation is 1. The normalized spacial score (nSPS) is 12.2. The number of halogens is 3. The van der Waals surface area contributed by atoms with Gasteiger partial charge in [-0.2, -0.15) is 13.2 Å². The average Bonchev–Trinajstić information content (AvgIpc) is 2.58. The van der Waals surface area contributed by atoms with Crippen molar-refractivity contribution in [2.45, 2.75) is 13.1 Å². The summed E-state index contributed by atoms with van der Waals surface area (Å²) in [5, 5.41) is 0.508. The molecule has 0 atom stereocenters. The summed E-state index contributed by atoms with van der Waals surface area (Å²) in [4.78, 5) is 8.77. The molecule has 0 aliphatic heterocycles.